The maximum absolute atomic E-state index is 10.7. The van der Waals surface area contributed by atoms with E-state index < -0.39 is 23.6 Å². The Kier molecular flexibility index (Phi) is 4.30. The van der Waals surface area contributed by atoms with Crippen molar-refractivity contribution in [3.63, 3.8) is 0 Å². The summed E-state index contributed by atoms with van der Waals surface area (Å²) >= 11 is 0. The Balaban J connectivity index is 4.12. The topological polar surface area (TPSA) is 69.4 Å². The van der Waals surface area contributed by atoms with Gasteiger partial charge in [-0.05, 0) is 6.92 Å². The predicted molar refractivity (Wildman–Crippen MR) is 43.7 cm³/mol. The molecule has 0 bridgehead atoms. The zero-order chi connectivity index (χ0) is 9.02. The number of carbonyl (C=O) groups excluding carboxylic acids is 2. The number of hydrogen-bond donors (Lipinski definition) is 1. The van der Waals surface area contributed by atoms with Gasteiger partial charge < -0.3 is 15.1 Å². The van der Waals surface area contributed by atoms with Crippen molar-refractivity contribution in [2.75, 3.05) is 0 Å². The van der Waals surface area contributed by atoms with E-state index in [4.69, 9.17) is 13.6 Å². The molecule has 0 fully saturated rings. The Bertz CT molecular complexity index is 175. The van der Waals surface area contributed by atoms with Gasteiger partial charge in [-0.15, -0.1) is 0 Å². The second kappa shape index (κ2) is 4.47. The number of nitrogens with two attached hydrogens (primary N) is 1. The summed E-state index contributed by atoms with van der Waals surface area (Å²) in [5, 5.41) is 0. The average Bonchev–Trinajstić information content (AvgIpc) is 2.00. The fraction of sp³-hybridized carbons (Fsp3) is 0.600. The molecule has 3 unspecified atom stereocenters. The zero-order valence-corrected chi connectivity index (χ0v) is 7.27. The predicted octanol–water partition coefficient (Wildman–Crippen LogP) is -1.02. The summed E-state index contributed by atoms with van der Waals surface area (Å²) in [4.78, 5) is 21.2. The highest BCUT2D eigenvalue weighted by atomic mass is 31.0. The molecule has 0 aromatic heterocycles. The maximum Gasteiger partial charge on any atom is 0.312 e. The molecule has 2 radical (unpaired) electrons. The maximum atomic E-state index is 10.7. The molecule has 2 N–H and O–H groups in total. The van der Waals surface area contributed by atoms with Crippen LogP contribution in [0.25, 0.3) is 0 Å². The van der Waals surface area contributed by atoms with Gasteiger partial charge in [0, 0.05) is 0 Å². The molecule has 6 heteroatoms. The van der Waals surface area contributed by atoms with Crippen molar-refractivity contribution >= 4 is 29.0 Å². The van der Waals surface area contributed by atoms with Crippen molar-refractivity contribution in [2.24, 2.45) is 11.7 Å². The van der Waals surface area contributed by atoms with E-state index in [-0.39, 0.29) is 0 Å². The van der Waals surface area contributed by atoms with Gasteiger partial charge in [0.15, 0.2) is 7.85 Å². The van der Waals surface area contributed by atoms with Gasteiger partial charge in [0.1, 0.15) is 0 Å². The van der Waals surface area contributed by atoms with Gasteiger partial charge in [-0.25, -0.2) is 0 Å². The van der Waals surface area contributed by atoms with E-state index in [2.05, 4.69) is 4.52 Å². The van der Waals surface area contributed by atoms with Crippen LogP contribution in [0.15, 0.2) is 0 Å². The van der Waals surface area contributed by atoms with E-state index >= 15 is 0 Å². The average molecular weight is 173 g/mol. The van der Waals surface area contributed by atoms with Crippen LogP contribution >= 0.6 is 9.47 Å². The first-order valence-corrected chi connectivity index (χ1v) is 3.43. The first kappa shape index (κ1) is 10.6. The molecule has 0 rings (SSSR count). The molecule has 0 amide bonds. The highest BCUT2D eigenvalue weighted by Gasteiger charge is 2.23. The molecule has 0 heterocycles. The summed E-state index contributed by atoms with van der Waals surface area (Å²) in [5.74, 6) is -1.27. The fourth-order valence-corrected chi connectivity index (χ4v) is 0.715. The third-order valence-electron chi connectivity index (χ3n) is 1.36. The molecule has 0 aliphatic rings. The molecule has 0 saturated carbocycles. The van der Waals surface area contributed by atoms with E-state index in [1.165, 1.54) is 6.92 Å². The lowest BCUT2D eigenvalue weighted by atomic mass is 9.88. The Hall–Kier alpha value is -0.405. The number of carbonyl (C=O) groups is 2. The van der Waals surface area contributed by atoms with E-state index in [0.717, 1.165) is 0 Å². The van der Waals surface area contributed by atoms with Crippen LogP contribution in [-0.2, 0) is 14.1 Å². The minimum absolute atomic E-state index is 0.568. The van der Waals surface area contributed by atoms with Gasteiger partial charge in [0.05, 0.1) is 27.1 Å². The third-order valence-corrected chi connectivity index (χ3v) is 1.59. The standard InChI is InChI=1S/C5H9BNO3P/c1-2(5(9)10-11)3(7)4(6)8/h2-3H,7,11H2,1H3. The summed E-state index contributed by atoms with van der Waals surface area (Å²) in [6, 6.07) is -0.983. The molecule has 0 aromatic carbocycles. The first-order chi connectivity index (χ1) is 5.00. The molecule has 60 valence electrons. The Morgan fingerprint density at radius 1 is 1.64 bits per heavy atom. The van der Waals surface area contributed by atoms with E-state index in [0.29, 0.717) is 0 Å². The van der Waals surface area contributed by atoms with Crippen LogP contribution in [-0.4, -0.2) is 25.5 Å². The van der Waals surface area contributed by atoms with Crippen LogP contribution in [0.2, 0.25) is 0 Å². The third kappa shape index (κ3) is 2.99. The van der Waals surface area contributed by atoms with Crippen molar-refractivity contribution in [3.8, 4) is 0 Å². The molecule has 0 aliphatic carbocycles. The van der Waals surface area contributed by atoms with Gasteiger partial charge >= 0.3 is 5.97 Å². The van der Waals surface area contributed by atoms with E-state index in [1.54, 1.807) is 9.47 Å². The molecular formula is C5H9BNO3P. The molecule has 3 atom stereocenters. The minimum Gasteiger partial charge on any atom is -0.451 e. The second-order valence-corrected chi connectivity index (χ2v) is 2.39. The van der Waals surface area contributed by atoms with Crippen molar-refractivity contribution in [1.82, 2.24) is 0 Å². The summed E-state index contributed by atoms with van der Waals surface area (Å²) in [6.45, 7) is 1.47. The Morgan fingerprint density at radius 2 is 2.09 bits per heavy atom. The Morgan fingerprint density at radius 3 is 2.36 bits per heavy atom. The number of rotatable bonds is 3. The second-order valence-electron chi connectivity index (χ2n) is 2.15. The lowest BCUT2D eigenvalue weighted by Gasteiger charge is -2.14. The smallest absolute Gasteiger partial charge is 0.312 e. The molecule has 0 spiro atoms. The summed E-state index contributed by atoms with van der Waals surface area (Å²) in [7, 11) is 6.63. The van der Waals surface area contributed by atoms with Crippen molar-refractivity contribution in [1.29, 1.82) is 0 Å². The van der Waals surface area contributed by atoms with Crippen LogP contribution in [0.4, 0.5) is 0 Å². The van der Waals surface area contributed by atoms with Crippen LogP contribution in [0.1, 0.15) is 6.92 Å². The molecule has 11 heavy (non-hydrogen) atoms. The van der Waals surface area contributed by atoms with Crippen LogP contribution in [0.3, 0.4) is 0 Å². The lowest BCUT2D eigenvalue weighted by molar-refractivity contribution is -0.139. The van der Waals surface area contributed by atoms with Gasteiger partial charge in [-0.2, -0.15) is 0 Å². The van der Waals surface area contributed by atoms with Crippen molar-refractivity contribution < 1.29 is 14.1 Å². The largest absolute Gasteiger partial charge is 0.451 e. The highest BCUT2D eigenvalue weighted by molar-refractivity contribution is 7.10. The van der Waals surface area contributed by atoms with Gasteiger partial charge in [0.2, 0.25) is 0 Å². The SMILES string of the molecule is [B]C(=O)C(N)C(C)C(=O)OP. The molecule has 0 saturated heterocycles. The molecular weight excluding hydrogens is 164 g/mol. The number of hydrogen-bond acceptors (Lipinski definition) is 4. The normalized spacial score (nSPS) is 15.2. The zero-order valence-electron chi connectivity index (χ0n) is 6.11. The summed E-state index contributed by atoms with van der Waals surface area (Å²) < 4.78 is 4.27. The summed E-state index contributed by atoms with van der Waals surface area (Å²) in [6.07, 6.45) is 0. The minimum atomic E-state index is -0.983. The molecule has 4 nitrogen and oxygen atoms in total. The van der Waals surface area contributed by atoms with E-state index in [9.17, 15) is 9.59 Å². The lowest BCUT2D eigenvalue weighted by Crippen LogP contribution is -2.40. The molecule has 0 aliphatic heterocycles. The van der Waals surface area contributed by atoms with Crippen molar-refractivity contribution in [3.05, 3.63) is 0 Å². The van der Waals surface area contributed by atoms with E-state index in [1.807, 2.05) is 0 Å². The van der Waals surface area contributed by atoms with Gasteiger partial charge in [-0.1, -0.05) is 0 Å². The quantitative estimate of drug-likeness (QED) is 0.437. The summed E-state index contributed by atoms with van der Waals surface area (Å²) in [5.41, 5.74) is 4.54. The van der Waals surface area contributed by atoms with Gasteiger partial charge in [-0.3, -0.25) is 4.79 Å². The molecule has 0 aromatic rings. The first-order valence-electron chi connectivity index (χ1n) is 2.96. The van der Waals surface area contributed by atoms with Crippen molar-refractivity contribution in [2.45, 2.75) is 13.0 Å². The van der Waals surface area contributed by atoms with Crippen LogP contribution in [0, 0.1) is 5.92 Å². The monoisotopic (exact) mass is 173 g/mol. The Labute approximate surface area is 68.5 Å². The fourth-order valence-electron chi connectivity index (χ4n) is 0.500. The van der Waals surface area contributed by atoms with Crippen LogP contribution in [0.5, 0.6) is 0 Å². The van der Waals surface area contributed by atoms with Gasteiger partial charge in [0.25, 0.3) is 0 Å². The highest BCUT2D eigenvalue weighted by Crippen LogP contribution is 2.05. The van der Waals surface area contributed by atoms with Crippen LogP contribution < -0.4 is 5.73 Å².